The van der Waals surface area contributed by atoms with Crippen LogP contribution in [0.25, 0.3) is 0 Å². The number of rotatable bonds is 5. The minimum atomic E-state index is -3.11. The highest BCUT2D eigenvalue weighted by Gasteiger charge is 2.17. The Morgan fingerprint density at radius 1 is 1.35 bits per heavy atom. The lowest BCUT2D eigenvalue weighted by atomic mass is 10.1. The molecule has 7 heteroatoms. The average molecular weight is 363 g/mol. The van der Waals surface area contributed by atoms with Gasteiger partial charge in [-0.25, -0.2) is 8.42 Å². The van der Waals surface area contributed by atoms with Gasteiger partial charge in [0.1, 0.15) is 9.84 Å². The van der Waals surface area contributed by atoms with Crippen molar-refractivity contribution in [2.45, 2.75) is 26.3 Å². The van der Waals surface area contributed by atoms with Crippen molar-refractivity contribution < 1.29 is 13.2 Å². The Balaban J connectivity index is 2.76. The Hall–Kier alpha value is -0.920. The summed E-state index contributed by atoms with van der Waals surface area (Å²) < 4.78 is 23.1. The van der Waals surface area contributed by atoms with Gasteiger partial charge in [0.15, 0.2) is 0 Å². The van der Waals surface area contributed by atoms with E-state index >= 15 is 0 Å². The first-order valence-electron chi connectivity index (χ1n) is 6.11. The largest absolute Gasteiger partial charge is 0.324 e. The minimum Gasteiger partial charge on any atom is -0.324 e. The summed E-state index contributed by atoms with van der Waals surface area (Å²) in [5, 5.41) is 2.76. The lowest BCUT2D eigenvalue weighted by molar-refractivity contribution is -0.117. The predicted molar refractivity (Wildman–Crippen MR) is 84.5 cm³/mol. The predicted octanol–water partition coefficient (Wildman–Crippen LogP) is 1.77. The molecule has 1 rings (SSSR count). The Labute approximate surface area is 128 Å². The summed E-state index contributed by atoms with van der Waals surface area (Å²) in [6.07, 6.45) is 1.24. The number of carbonyl (C=O) groups is 1. The molecule has 0 bridgehead atoms. The summed E-state index contributed by atoms with van der Waals surface area (Å²) in [7, 11) is -3.11. The number of halogens is 1. The molecule has 0 aromatic heterocycles. The van der Waals surface area contributed by atoms with Gasteiger partial charge in [-0.1, -0.05) is 15.9 Å². The summed E-state index contributed by atoms with van der Waals surface area (Å²) in [5.74, 6) is -0.470. The van der Waals surface area contributed by atoms with Gasteiger partial charge in [-0.05, 0) is 43.5 Å². The monoisotopic (exact) mass is 362 g/mol. The molecule has 0 saturated heterocycles. The van der Waals surface area contributed by atoms with E-state index in [1.807, 2.05) is 26.0 Å². The van der Waals surface area contributed by atoms with Crippen LogP contribution in [0.15, 0.2) is 16.6 Å². The van der Waals surface area contributed by atoms with Crippen molar-refractivity contribution in [1.29, 1.82) is 0 Å². The maximum atomic E-state index is 12.0. The van der Waals surface area contributed by atoms with Crippen LogP contribution < -0.4 is 11.1 Å². The third kappa shape index (κ3) is 5.22. The van der Waals surface area contributed by atoms with Gasteiger partial charge in [0.25, 0.3) is 0 Å². The second-order valence-corrected chi connectivity index (χ2v) is 8.10. The third-order valence-electron chi connectivity index (χ3n) is 2.88. The number of carbonyl (C=O) groups excluding carboxylic acids is 1. The van der Waals surface area contributed by atoms with Crippen molar-refractivity contribution in [2.75, 3.05) is 17.3 Å². The van der Waals surface area contributed by atoms with Crippen LogP contribution in [0.5, 0.6) is 0 Å². The van der Waals surface area contributed by atoms with Gasteiger partial charge < -0.3 is 11.1 Å². The van der Waals surface area contributed by atoms with E-state index in [1.165, 1.54) is 0 Å². The highest BCUT2D eigenvalue weighted by atomic mass is 79.9. The molecular weight excluding hydrogens is 344 g/mol. The fourth-order valence-electron chi connectivity index (χ4n) is 1.80. The van der Waals surface area contributed by atoms with Crippen molar-refractivity contribution >= 4 is 37.4 Å². The molecule has 0 spiro atoms. The van der Waals surface area contributed by atoms with E-state index in [0.717, 1.165) is 21.9 Å². The molecule has 3 N–H and O–H groups in total. The van der Waals surface area contributed by atoms with Gasteiger partial charge >= 0.3 is 0 Å². The van der Waals surface area contributed by atoms with Crippen LogP contribution in [0.4, 0.5) is 5.69 Å². The highest BCUT2D eigenvalue weighted by molar-refractivity contribution is 9.10. The van der Waals surface area contributed by atoms with Crippen LogP contribution >= 0.6 is 15.9 Å². The Kier molecular flexibility index (Phi) is 5.73. The lowest BCUT2D eigenvalue weighted by Gasteiger charge is -2.15. The van der Waals surface area contributed by atoms with Crippen LogP contribution in [0.3, 0.4) is 0 Å². The number of nitrogens with two attached hydrogens (primary N) is 1. The van der Waals surface area contributed by atoms with Gasteiger partial charge in [0.05, 0.1) is 11.8 Å². The zero-order valence-corrected chi connectivity index (χ0v) is 14.1. The fraction of sp³-hybridized carbons (Fsp3) is 0.462. The van der Waals surface area contributed by atoms with Crippen molar-refractivity contribution in [3.05, 3.63) is 27.7 Å². The Bertz CT molecular complexity index is 591. The van der Waals surface area contributed by atoms with Crippen molar-refractivity contribution in [3.63, 3.8) is 0 Å². The fourth-order valence-corrected chi connectivity index (χ4v) is 3.16. The molecule has 112 valence electrons. The molecule has 20 heavy (non-hydrogen) atoms. The molecule has 1 atom stereocenters. The highest BCUT2D eigenvalue weighted by Crippen LogP contribution is 2.25. The zero-order valence-electron chi connectivity index (χ0n) is 11.7. The number of hydrogen-bond donors (Lipinski definition) is 2. The molecule has 1 amide bonds. The molecule has 0 heterocycles. The number of sulfone groups is 1. The quantitative estimate of drug-likeness (QED) is 0.834. The standard InChI is InChI=1S/C13H19BrN2O3S/c1-8-6-10(14)7-9(2)12(8)16-13(17)11(15)4-5-20(3,18)19/h6-7,11H,4-5,15H2,1-3H3,(H,16,17). The van der Waals surface area contributed by atoms with Crippen molar-refractivity contribution in [2.24, 2.45) is 5.73 Å². The zero-order chi connectivity index (χ0) is 15.5. The van der Waals surface area contributed by atoms with Crippen LogP contribution in [0, 0.1) is 13.8 Å². The Morgan fingerprint density at radius 3 is 2.30 bits per heavy atom. The van der Waals surface area contributed by atoms with E-state index in [2.05, 4.69) is 21.2 Å². The normalized spacial score (nSPS) is 13.1. The van der Waals surface area contributed by atoms with E-state index in [1.54, 1.807) is 0 Å². The number of nitrogens with one attached hydrogen (secondary N) is 1. The van der Waals surface area contributed by atoms with Gasteiger partial charge in [-0.2, -0.15) is 0 Å². The molecular formula is C13H19BrN2O3S. The second kappa shape index (κ2) is 6.69. The number of amides is 1. The van der Waals surface area contributed by atoms with Crippen LogP contribution in [-0.4, -0.2) is 32.4 Å². The molecule has 0 radical (unpaired) electrons. The molecule has 0 aliphatic carbocycles. The summed E-state index contributed by atoms with van der Waals surface area (Å²) in [6.45, 7) is 3.77. The van der Waals surface area contributed by atoms with E-state index < -0.39 is 15.9 Å². The first-order chi connectivity index (χ1) is 9.10. The van der Waals surface area contributed by atoms with E-state index in [0.29, 0.717) is 5.69 Å². The summed E-state index contributed by atoms with van der Waals surface area (Å²) in [4.78, 5) is 12.0. The molecule has 0 aliphatic rings. The summed E-state index contributed by atoms with van der Waals surface area (Å²) in [5.41, 5.74) is 8.27. The number of hydrogen-bond acceptors (Lipinski definition) is 4. The van der Waals surface area contributed by atoms with Gasteiger partial charge in [0, 0.05) is 16.4 Å². The average Bonchev–Trinajstić information content (AvgIpc) is 2.29. The van der Waals surface area contributed by atoms with Gasteiger partial charge in [-0.15, -0.1) is 0 Å². The van der Waals surface area contributed by atoms with Crippen LogP contribution in [0.1, 0.15) is 17.5 Å². The Morgan fingerprint density at radius 2 is 1.85 bits per heavy atom. The van der Waals surface area contributed by atoms with Crippen molar-refractivity contribution in [1.82, 2.24) is 0 Å². The molecule has 1 unspecified atom stereocenters. The van der Waals surface area contributed by atoms with E-state index in [-0.39, 0.29) is 18.1 Å². The lowest BCUT2D eigenvalue weighted by Crippen LogP contribution is -2.37. The van der Waals surface area contributed by atoms with Gasteiger partial charge in [-0.3, -0.25) is 4.79 Å². The first-order valence-corrected chi connectivity index (χ1v) is 8.96. The molecule has 0 saturated carbocycles. The number of anilines is 1. The molecule has 0 fully saturated rings. The van der Waals surface area contributed by atoms with Crippen molar-refractivity contribution in [3.8, 4) is 0 Å². The third-order valence-corrected chi connectivity index (χ3v) is 4.32. The van der Waals surface area contributed by atoms with Crippen LogP contribution in [0.2, 0.25) is 0 Å². The molecule has 1 aromatic carbocycles. The van der Waals surface area contributed by atoms with E-state index in [9.17, 15) is 13.2 Å². The SMILES string of the molecule is Cc1cc(Br)cc(C)c1NC(=O)C(N)CCS(C)(=O)=O. The molecule has 0 aliphatic heterocycles. The second-order valence-electron chi connectivity index (χ2n) is 4.93. The number of aryl methyl sites for hydroxylation is 2. The van der Waals surface area contributed by atoms with E-state index in [4.69, 9.17) is 5.73 Å². The number of benzene rings is 1. The van der Waals surface area contributed by atoms with Crippen LogP contribution in [-0.2, 0) is 14.6 Å². The first kappa shape index (κ1) is 17.1. The summed E-state index contributed by atoms with van der Waals surface area (Å²) in [6, 6.07) is 2.95. The molecule has 5 nitrogen and oxygen atoms in total. The topological polar surface area (TPSA) is 89.3 Å². The maximum Gasteiger partial charge on any atom is 0.241 e. The minimum absolute atomic E-state index is 0.0973. The smallest absolute Gasteiger partial charge is 0.241 e. The maximum absolute atomic E-state index is 12.0. The van der Waals surface area contributed by atoms with Gasteiger partial charge in [0.2, 0.25) is 5.91 Å². The summed E-state index contributed by atoms with van der Waals surface area (Å²) >= 11 is 3.38. The molecule has 1 aromatic rings.